The number of para-hydroxylation sites is 2. The van der Waals surface area contributed by atoms with Crippen molar-refractivity contribution in [1.29, 1.82) is 0 Å². The van der Waals surface area contributed by atoms with E-state index in [2.05, 4.69) is 16.8 Å². The molecule has 17 heavy (non-hydrogen) atoms. The molecule has 0 amide bonds. The van der Waals surface area contributed by atoms with Crippen molar-refractivity contribution in [3.63, 3.8) is 0 Å². The zero-order valence-corrected chi connectivity index (χ0v) is 9.93. The molecule has 0 radical (unpaired) electrons. The molecule has 1 N–H and O–H groups in total. The Labute approximate surface area is 101 Å². The number of aliphatic hydroxyl groups is 1. The SMILES string of the molecule is CC#CCCC(O)Cn1cnc2ccccc21. The van der Waals surface area contributed by atoms with Gasteiger partial charge < -0.3 is 9.67 Å². The summed E-state index contributed by atoms with van der Waals surface area (Å²) in [6.07, 6.45) is 2.85. The minimum atomic E-state index is -0.367. The lowest BCUT2D eigenvalue weighted by atomic mass is 10.2. The summed E-state index contributed by atoms with van der Waals surface area (Å²) in [5.74, 6) is 5.79. The maximum atomic E-state index is 9.89. The molecule has 0 aliphatic rings. The molecule has 0 saturated carbocycles. The summed E-state index contributed by atoms with van der Waals surface area (Å²) < 4.78 is 1.99. The van der Waals surface area contributed by atoms with Crippen molar-refractivity contribution in [2.24, 2.45) is 0 Å². The Morgan fingerprint density at radius 1 is 1.41 bits per heavy atom. The van der Waals surface area contributed by atoms with Crippen LogP contribution in [0, 0.1) is 11.8 Å². The third kappa shape index (κ3) is 2.86. The van der Waals surface area contributed by atoms with Gasteiger partial charge in [0.1, 0.15) is 0 Å². The number of hydrogen-bond donors (Lipinski definition) is 1. The molecule has 2 rings (SSSR count). The molecule has 0 aliphatic carbocycles. The van der Waals surface area contributed by atoms with Gasteiger partial charge in [-0.15, -0.1) is 11.8 Å². The van der Waals surface area contributed by atoms with E-state index >= 15 is 0 Å². The Hall–Kier alpha value is -1.79. The average Bonchev–Trinajstić information content (AvgIpc) is 2.73. The molecule has 1 unspecified atom stereocenters. The molecule has 1 atom stereocenters. The predicted octanol–water partition coefficient (Wildman–Crippen LogP) is 2.20. The molecule has 0 aliphatic heterocycles. The molecule has 1 aromatic carbocycles. The van der Waals surface area contributed by atoms with Crippen molar-refractivity contribution in [3.05, 3.63) is 30.6 Å². The average molecular weight is 228 g/mol. The quantitative estimate of drug-likeness (QED) is 0.815. The molecule has 88 valence electrons. The van der Waals surface area contributed by atoms with Crippen LogP contribution in [0.2, 0.25) is 0 Å². The molecule has 1 heterocycles. The van der Waals surface area contributed by atoms with Gasteiger partial charge in [0.25, 0.3) is 0 Å². The van der Waals surface area contributed by atoms with Crippen LogP contribution < -0.4 is 0 Å². The van der Waals surface area contributed by atoms with E-state index < -0.39 is 0 Å². The Morgan fingerprint density at radius 3 is 3.06 bits per heavy atom. The maximum Gasteiger partial charge on any atom is 0.0959 e. The number of aromatic nitrogens is 2. The minimum Gasteiger partial charge on any atom is -0.391 e. The van der Waals surface area contributed by atoms with Crippen molar-refractivity contribution in [3.8, 4) is 11.8 Å². The molecule has 0 spiro atoms. The van der Waals surface area contributed by atoms with Crippen LogP contribution in [0.5, 0.6) is 0 Å². The van der Waals surface area contributed by atoms with Crippen LogP contribution >= 0.6 is 0 Å². The first kappa shape index (κ1) is 11.7. The summed E-state index contributed by atoms with van der Waals surface area (Å²) in [6.45, 7) is 2.39. The molecule has 0 bridgehead atoms. The lowest BCUT2D eigenvalue weighted by Gasteiger charge is -2.10. The van der Waals surface area contributed by atoms with E-state index in [0.29, 0.717) is 13.0 Å². The molecular weight excluding hydrogens is 212 g/mol. The second-order valence-corrected chi connectivity index (χ2v) is 4.00. The van der Waals surface area contributed by atoms with Gasteiger partial charge in [0, 0.05) is 6.42 Å². The van der Waals surface area contributed by atoms with Gasteiger partial charge in [0.2, 0.25) is 0 Å². The van der Waals surface area contributed by atoms with E-state index in [9.17, 15) is 5.11 Å². The fraction of sp³-hybridized carbons (Fsp3) is 0.357. The van der Waals surface area contributed by atoms with Crippen LogP contribution in [0.3, 0.4) is 0 Å². The summed E-state index contributed by atoms with van der Waals surface area (Å²) in [5, 5.41) is 9.89. The standard InChI is InChI=1S/C14H16N2O/c1-2-3-4-7-12(17)10-16-11-15-13-8-5-6-9-14(13)16/h5-6,8-9,11-12,17H,4,7,10H2,1H3. The van der Waals surface area contributed by atoms with Gasteiger partial charge in [-0.05, 0) is 25.5 Å². The van der Waals surface area contributed by atoms with Gasteiger partial charge in [-0.2, -0.15) is 0 Å². The first-order valence-corrected chi connectivity index (χ1v) is 5.79. The Balaban J connectivity index is 2.04. The first-order chi connectivity index (χ1) is 8.31. The van der Waals surface area contributed by atoms with Gasteiger partial charge in [0.15, 0.2) is 0 Å². The number of imidazole rings is 1. The van der Waals surface area contributed by atoms with Crippen LogP contribution in [-0.2, 0) is 6.54 Å². The zero-order valence-electron chi connectivity index (χ0n) is 9.93. The number of rotatable bonds is 4. The molecule has 0 fully saturated rings. The molecular formula is C14H16N2O. The Morgan fingerprint density at radius 2 is 2.24 bits per heavy atom. The third-order valence-electron chi connectivity index (χ3n) is 2.71. The minimum absolute atomic E-state index is 0.367. The number of fused-ring (bicyclic) bond motifs is 1. The van der Waals surface area contributed by atoms with E-state index in [0.717, 1.165) is 17.5 Å². The number of hydrogen-bond acceptors (Lipinski definition) is 2. The highest BCUT2D eigenvalue weighted by molar-refractivity contribution is 5.74. The Bertz CT molecular complexity index is 548. The largest absolute Gasteiger partial charge is 0.391 e. The van der Waals surface area contributed by atoms with Gasteiger partial charge in [0.05, 0.1) is 30.0 Å². The fourth-order valence-electron chi connectivity index (χ4n) is 1.84. The fourth-order valence-corrected chi connectivity index (χ4v) is 1.84. The highest BCUT2D eigenvalue weighted by Crippen LogP contribution is 2.13. The van der Waals surface area contributed by atoms with Crippen LogP contribution in [0.15, 0.2) is 30.6 Å². The first-order valence-electron chi connectivity index (χ1n) is 5.79. The van der Waals surface area contributed by atoms with Crippen molar-refractivity contribution in [1.82, 2.24) is 9.55 Å². The maximum absolute atomic E-state index is 9.89. The van der Waals surface area contributed by atoms with E-state index in [-0.39, 0.29) is 6.10 Å². The summed E-state index contributed by atoms with van der Waals surface area (Å²) in [5.41, 5.74) is 2.03. The van der Waals surface area contributed by atoms with Crippen molar-refractivity contribution < 1.29 is 5.11 Å². The summed E-state index contributed by atoms with van der Waals surface area (Å²) in [6, 6.07) is 7.93. The predicted molar refractivity (Wildman–Crippen MR) is 68.4 cm³/mol. The molecule has 3 heteroatoms. The second kappa shape index (κ2) is 5.51. The second-order valence-electron chi connectivity index (χ2n) is 4.00. The van der Waals surface area contributed by atoms with E-state index in [1.807, 2.05) is 35.8 Å². The smallest absolute Gasteiger partial charge is 0.0959 e. The summed E-state index contributed by atoms with van der Waals surface area (Å²) in [7, 11) is 0. The lowest BCUT2D eigenvalue weighted by molar-refractivity contribution is 0.147. The molecule has 1 aromatic heterocycles. The van der Waals surface area contributed by atoms with Crippen LogP contribution in [0.1, 0.15) is 19.8 Å². The van der Waals surface area contributed by atoms with Gasteiger partial charge >= 0.3 is 0 Å². The molecule has 3 nitrogen and oxygen atoms in total. The lowest BCUT2D eigenvalue weighted by Crippen LogP contribution is -2.14. The van der Waals surface area contributed by atoms with Crippen molar-refractivity contribution in [2.75, 3.05) is 0 Å². The van der Waals surface area contributed by atoms with Gasteiger partial charge in [-0.1, -0.05) is 12.1 Å². The van der Waals surface area contributed by atoms with Crippen molar-refractivity contribution in [2.45, 2.75) is 32.4 Å². The Kier molecular flexibility index (Phi) is 3.79. The topological polar surface area (TPSA) is 38.0 Å². The number of nitrogens with zero attached hydrogens (tertiary/aromatic N) is 2. The van der Waals surface area contributed by atoms with E-state index in [1.54, 1.807) is 6.33 Å². The summed E-state index contributed by atoms with van der Waals surface area (Å²) >= 11 is 0. The number of aliphatic hydroxyl groups excluding tert-OH is 1. The van der Waals surface area contributed by atoms with Crippen molar-refractivity contribution >= 4 is 11.0 Å². The van der Waals surface area contributed by atoms with E-state index in [1.165, 1.54) is 0 Å². The van der Waals surface area contributed by atoms with Crippen LogP contribution in [0.25, 0.3) is 11.0 Å². The normalized spacial score (nSPS) is 12.1. The third-order valence-corrected chi connectivity index (χ3v) is 2.71. The van der Waals surface area contributed by atoms with E-state index in [4.69, 9.17) is 0 Å². The van der Waals surface area contributed by atoms with Gasteiger partial charge in [-0.3, -0.25) is 0 Å². The number of benzene rings is 1. The molecule has 0 saturated heterocycles. The summed E-state index contributed by atoms with van der Waals surface area (Å²) in [4.78, 5) is 4.29. The molecule has 2 aromatic rings. The highest BCUT2D eigenvalue weighted by Gasteiger charge is 2.07. The van der Waals surface area contributed by atoms with Crippen LogP contribution in [-0.4, -0.2) is 20.8 Å². The van der Waals surface area contributed by atoms with Crippen LogP contribution in [0.4, 0.5) is 0 Å². The van der Waals surface area contributed by atoms with Gasteiger partial charge in [-0.25, -0.2) is 4.98 Å². The zero-order chi connectivity index (χ0) is 12.1. The monoisotopic (exact) mass is 228 g/mol. The highest BCUT2D eigenvalue weighted by atomic mass is 16.3.